The van der Waals surface area contributed by atoms with E-state index in [-0.39, 0.29) is 18.3 Å². The number of aromatic nitrogens is 3. The van der Waals surface area contributed by atoms with Gasteiger partial charge >= 0.3 is 0 Å². The lowest BCUT2D eigenvalue weighted by Gasteiger charge is -2.56. The van der Waals surface area contributed by atoms with Gasteiger partial charge in [-0.2, -0.15) is 0 Å². The fourth-order valence-electron chi connectivity index (χ4n) is 7.39. The number of aliphatic hydroxyl groups is 2. The molecule has 1 aliphatic carbocycles. The molecule has 0 bridgehead atoms. The van der Waals surface area contributed by atoms with E-state index in [2.05, 4.69) is 22.5 Å². The van der Waals surface area contributed by atoms with E-state index in [1.165, 1.54) is 0 Å². The van der Waals surface area contributed by atoms with E-state index in [1.807, 2.05) is 95.4 Å². The largest absolute Gasteiger partial charge is 0.507 e. The third-order valence-electron chi connectivity index (χ3n) is 10.0. The number of aliphatic hydroxyl groups excluding tert-OH is 2. The lowest BCUT2D eigenvalue weighted by Crippen LogP contribution is -2.63. The summed E-state index contributed by atoms with van der Waals surface area (Å²) in [6, 6.07) is 17.8. The van der Waals surface area contributed by atoms with Crippen LogP contribution in [-0.4, -0.2) is 55.2 Å². The monoisotopic (exact) mass is 665 g/mol. The lowest BCUT2D eigenvalue weighted by atomic mass is 9.57. The van der Waals surface area contributed by atoms with Crippen LogP contribution in [0.1, 0.15) is 74.6 Å². The van der Waals surface area contributed by atoms with Gasteiger partial charge in [0.05, 0.1) is 32.1 Å². The summed E-state index contributed by atoms with van der Waals surface area (Å²) in [4.78, 5) is 0. The fraction of sp³-hybridized carbons (Fsp3) is 0.400. The second-order valence-corrected chi connectivity index (χ2v) is 14.4. The summed E-state index contributed by atoms with van der Waals surface area (Å²) in [5, 5.41) is 41.3. The number of fused-ring (bicyclic) bond motifs is 2. The van der Waals surface area contributed by atoms with Crippen molar-refractivity contribution in [2.75, 3.05) is 7.11 Å². The van der Waals surface area contributed by atoms with Crippen molar-refractivity contribution < 1.29 is 29.5 Å². The zero-order valence-corrected chi connectivity index (χ0v) is 29.2. The van der Waals surface area contributed by atoms with Crippen molar-refractivity contribution in [1.82, 2.24) is 15.0 Å². The maximum absolute atomic E-state index is 11.2. The van der Waals surface area contributed by atoms with Crippen molar-refractivity contribution in [2.24, 2.45) is 11.3 Å². The highest BCUT2D eigenvalue weighted by molar-refractivity contribution is 5.74. The molecule has 49 heavy (non-hydrogen) atoms. The number of methoxy groups -OCH3 is 1. The Labute approximate surface area is 288 Å². The van der Waals surface area contributed by atoms with Crippen molar-refractivity contribution in [3.05, 3.63) is 106 Å². The molecule has 3 N–H and O–H groups in total. The fourth-order valence-corrected chi connectivity index (χ4v) is 7.39. The molecule has 0 radical (unpaired) electrons. The van der Waals surface area contributed by atoms with Crippen molar-refractivity contribution in [3.8, 4) is 23.0 Å². The quantitative estimate of drug-likeness (QED) is 0.126. The molecule has 9 nitrogen and oxygen atoms in total. The van der Waals surface area contributed by atoms with Gasteiger partial charge < -0.3 is 29.5 Å². The molecule has 4 atom stereocenters. The Morgan fingerprint density at radius 3 is 2.45 bits per heavy atom. The van der Waals surface area contributed by atoms with Gasteiger partial charge in [-0.1, -0.05) is 73.2 Å². The molecular weight excluding hydrogens is 618 g/mol. The Kier molecular flexibility index (Phi) is 9.60. The number of ether oxygens (including phenoxy) is 3. The number of hydrogen-bond acceptors (Lipinski definition) is 8. The van der Waals surface area contributed by atoms with Crippen LogP contribution in [0.25, 0.3) is 12.2 Å². The molecule has 1 saturated carbocycles. The van der Waals surface area contributed by atoms with Gasteiger partial charge in [-0.15, -0.1) is 5.10 Å². The predicted octanol–water partition coefficient (Wildman–Crippen LogP) is 6.76. The van der Waals surface area contributed by atoms with Crippen LogP contribution in [0.15, 0.2) is 72.4 Å². The van der Waals surface area contributed by atoms with Crippen LogP contribution >= 0.6 is 0 Å². The van der Waals surface area contributed by atoms with Gasteiger partial charge in [0.1, 0.15) is 29.4 Å². The van der Waals surface area contributed by atoms with Crippen LogP contribution in [-0.2, 0) is 26.0 Å². The van der Waals surface area contributed by atoms with E-state index in [4.69, 9.17) is 14.2 Å². The summed E-state index contributed by atoms with van der Waals surface area (Å²) < 4.78 is 20.5. The van der Waals surface area contributed by atoms with Crippen LogP contribution in [0.2, 0.25) is 0 Å². The first-order valence-corrected chi connectivity index (χ1v) is 16.9. The second kappa shape index (κ2) is 13.7. The lowest BCUT2D eigenvalue weighted by molar-refractivity contribution is -0.187. The molecule has 1 fully saturated rings. The van der Waals surface area contributed by atoms with E-state index in [1.54, 1.807) is 17.9 Å². The van der Waals surface area contributed by atoms with E-state index in [0.717, 1.165) is 27.8 Å². The van der Waals surface area contributed by atoms with Crippen LogP contribution < -0.4 is 14.2 Å². The minimum Gasteiger partial charge on any atom is -0.507 e. The predicted molar refractivity (Wildman–Crippen MR) is 190 cm³/mol. The zero-order valence-electron chi connectivity index (χ0n) is 29.2. The molecule has 2 heterocycles. The van der Waals surface area contributed by atoms with Gasteiger partial charge in [0.2, 0.25) is 0 Å². The molecular formula is C40H47N3O6. The topological polar surface area (TPSA) is 119 Å². The maximum atomic E-state index is 11.2. The standard InChI is InChI=1S/C40H47N3O6/c1-25(2)12-15-31-32(44)17-28(18-34(31)48-24-30-23-43(42-41-30)22-26-10-8-7-9-11-26)14-13-27-16-29-20-36-39(3,4)38(46)33(45)21-40(36,5)49-37(29)35(19-27)47-6/h7-14,16-19,23,33,36,38,44-46H,15,20-22,24H2,1-6H3/b14-13+/t33-,36-,38-,40-/m1/s1. The Hall–Kier alpha value is -4.60. The first kappa shape index (κ1) is 34.3. The highest BCUT2D eigenvalue weighted by Gasteiger charge is 2.58. The third kappa shape index (κ3) is 7.23. The number of rotatable bonds is 10. The van der Waals surface area contributed by atoms with Gasteiger partial charge in [-0.05, 0) is 80.1 Å². The number of aromatic hydroxyl groups is 1. The number of benzene rings is 3. The summed E-state index contributed by atoms with van der Waals surface area (Å²) in [5.41, 5.74) is 5.13. The van der Waals surface area contributed by atoms with Crippen LogP contribution in [0.3, 0.4) is 0 Å². The SMILES string of the molecule is COc1cc(/C=C/c2cc(O)c(CC=C(C)C)c(OCc3cn(Cc4ccccc4)nn3)c2)cc2c1O[C@]1(C)C[C@@H](O)[C@@H](O)C(C)(C)[C@H]1C2. The molecule has 0 spiro atoms. The van der Waals surface area contributed by atoms with E-state index < -0.39 is 23.2 Å². The van der Waals surface area contributed by atoms with Gasteiger partial charge in [0.25, 0.3) is 0 Å². The first-order chi connectivity index (χ1) is 23.4. The molecule has 9 heteroatoms. The van der Waals surface area contributed by atoms with E-state index in [0.29, 0.717) is 54.3 Å². The normalized spacial score (nSPS) is 22.6. The number of allylic oxidation sites excluding steroid dienone is 2. The summed E-state index contributed by atoms with van der Waals surface area (Å²) >= 11 is 0. The highest BCUT2D eigenvalue weighted by atomic mass is 16.5. The summed E-state index contributed by atoms with van der Waals surface area (Å²) in [5.74, 6) is 2.00. The maximum Gasteiger partial charge on any atom is 0.165 e. The van der Waals surface area contributed by atoms with E-state index >= 15 is 0 Å². The van der Waals surface area contributed by atoms with Crippen molar-refractivity contribution in [2.45, 2.75) is 84.8 Å². The third-order valence-corrected chi connectivity index (χ3v) is 10.0. The first-order valence-electron chi connectivity index (χ1n) is 16.9. The molecule has 4 aromatic rings. The molecule has 0 unspecified atom stereocenters. The smallest absolute Gasteiger partial charge is 0.165 e. The van der Waals surface area contributed by atoms with Gasteiger partial charge in [-0.3, -0.25) is 0 Å². The Bertz CT molecular complexity index is 1860. The Balaban J connectivity index is 1.25. The van der Waals surface area contributed by atoms with Gasteiger partial charge in [-0.25, -0.2) is 4.68 Å². The molecule has 258 valence electrons. The summed E-state index contributed by atoms with van der Waals surface area (Å²) in [6.07, 6.45) is 7.69. The summed E-state index contributed by atoms with van der Waals surface area (Å²) in [7, 11) is 1.62. The number of hydrogen-bond donors (Lipinski definition) is 3. The highest BCUT2D eigenvalue weighted by Crippen LogP contribution is 2.55. The number of phenols is 1. The molecule has 2 aliphatic rings. The van der Waals surface area contributed by atoms with E-state index in [9.17, 15) is 15.3 Å². The molecule has 0 amide bonds. The minimum absolute atomic E-state index is 0.0141. The van der Waals surface area contributed by atoms with Crippen LogP contribution in [0.4, 0.5) is 0 Å². The number of phenolic OH excluding ortho intramolecular Hbond substituents is 1. The van der Waals surface area contributed by atoms with Crippen molar-refractivity contribution >= 4 is 12.2 Å². The second-order valence-electron chi connectivity index (χ2n) is 14.4. The zero-order chi connectivity index (χ0) is 34.9. The molecule has 1 aromatic heterocycles. The molecule has 1 aliphatic heterocycles. The average molecular weight is 666 g/mol. The Morgan fingerprint density at radius 1 is 1.02 bits per heavy atom. The van der Waals surface area contributed by atoms with Crippen LogP contribution in [0, 0.1) is 11.3 Å². The van der Waals surface area contributed by atoms with Crippen molar-refractivity contribution in [3.63, 3.8) is 0 Å². The Morgan fingerprint density at radius 2 is 1.73 bits per heavy atom. The summed E-state index contributed by atoms with van der Waals surface area (Å²) in [6.45, 7) is 10.9. The van der Waals surface area contributed by atoms with Gasteiger partial charge in [0.15, 0.2) is 11.5 Å². The molecule has 0 saturated heterocycles. The van der Waals surface area contributed by atoms with Gasteiger partial charge in [0, 0.05) is 23.3 Å². The molecule has 3 aromatic carbocycles. The number of nitrogens with zero attached hydrogens (tertiary/aromatic N) is 3. The van der Waals surface area contributed by atoms with Crippen molar-refractivity contribution in [1.29, 1.82) is 0 Å². The average Bonchev–Trinajstić information content (AvgIpc) is 3.51. The minimum atomic E-state index is -0.863. The molecule has 6 rings (SSSR count). The van der Waals surface area contributed by atoms with Crippen LogP contribution in [0.5, 0.6) is 23.0 Å².